The van der Waals surface area contributed by atoms with E-state index in [9.17, 15) is 0 Å². The van der Waals surface area contributed by atoms with Gasteiger partial charge in [0.2, 0.25) is 0 Å². The first-order valence-corrected chi connectivity index (χ1v) is 6.90. The minimum Gasteiger partial charge on any atom is -0.486 e. The van der Waals surface area contributed by atoms with Gasteiger partial charge in [0, 0.05) is 4.47 Å². The average Bonchev–Trinajstić information content (AvgIpc) is 2.48. The molecular formula is C15H15BrN2O2. The molecule has 0 atom stereocenters. The molecule has 0 saturated carbocycles. The Balaban J connectivity index is 1.75. The van der Waals surface area contributed by atoms with E-state index in [0.29, 0.717) is 12.4 Å². The SMILES string of the molecule is N/C(COc1ccccc1)=N\OCc1ccc(Br)cc1. The van der Waals surface area contributed by atoms with E-state index in [1.807, 2.05) is 54.6 Å². The fourth-order valence-electron chi connectivity index (χ4n) is 1.47. The smallest absolute Gasteiger partial charge is 0.177 e. The summed E-state index contributed by atoms with van der Waals surface area (Å²) in [5, 5.41) is 3.81. The maximum atomic E-state index is 5.70. The van der Waals surface area contributed by atoms with Crippen molar-refractivity contribution in [2.75, 3.05) is 6.61 Å². The van der Waals surface area contributed by atoms with Crippen molar-refractivity contribution in [2.24, 2.45) is 10.9 Å². The lowest BCUT2D eigenvalue weighted by atomic mass is 10.2. The van der Waals surface area contributed by atoms with Gasteiger partial charge >= 0.3 is 0 Å². The lowest BCUT2D eigenvalue weighted by Gasteiger charge is -2.05. The maximum Gasteiger partial charge on any atom is 0.177 e. The summed E-state index contributed by atoms with van der Waals surface area (Å²) in [5.74, 6) is 1.05. The third-order valence-corrected chi connectivity index (χ3v) is 2.98. The summed E-state index contributed by atoms with van der Waals surface area (Å²) < 4.78 is 6.47. The first kappa shape index (κ1) is 14.4. The molecule has 4 nitrogen and oxygen atoms in total. The van der Waals surface area contributed by atoms with Crippen LogP contribution in [0.15, 0.2) is 64.2 Å². The van der Waals surface area contributed by atoms with Crippen LogP contribution < -0.4 is 10.5 Å². The quantitative estimate of drug-likeness (QED) is 0.501. The third-order valence-electron chi connectivity index (χ3n) is 2.46. The zero-order valence-corrected chi connectivity index (χ0v) is 12.4. The van der Waals surface area contributed by atoms with Gasteiger partial charge in [0.15, 0.2) is 5.84 Å². The van der Waals surface area contributed by atoms with Crippen molar-refractivity contribution < 1.29 is 9.57 Å². The second-order valence-corrected chi connectivity index (χ2v) is 5.00. The van der Waals surface area contributed by atoms with Gasteiger partial charge in [0.05, 0.1) is 0 Å². The molecule has 0 saturated heterocycles. The van der Waals surface area contributed by atoms with Gasteiger partial charge in [-0.3, -0.25) is 0 Å². The van der Waals surface area contributed by atoms with Crippen molar-refractivity contribution >= 4 is 21.8 Å². The van der Waals surface area contributed by atoms with Crippen molar-refractivity contribution in [3.05, 3.63) is 64.6 Å². The maximum absolute atomic E-state index is 5.70. The minimum absolute atomic E-state index is 0.199. The molecule has 0 aliphatic carbocycles. The molecule has 0 radical (unpaired) electrons. The zero-order chi connectivity index (χ0) is 14.2. The Bertz CT molecular complexity index is 556. The summed E-state index contributed by atoms with van der Waals surface area (Å²) in [6.07, 6.45) is 0. The van der Waals surface area contributed by atoms with Crippen LogP contribution in [0, 0.1) is 0 Å². The average molecular weight is 335 g/mol. The van der Waals surface area contributed by atoms with Gasteiger partial charge in [-0.2, -0.15) is 0 Å². The van der Waals surface area contributed by atoms with Gasteiger partial charge < -0.3 is 15.3 Å². The number of amidine groups is 1. The molecule has 2 aromatic carbocycles. The molecule has 0 fully saturated rings. The highest BCUT2D eigenvalue weighted by molar-refractivity contribution is 9.10. The number of oxime groups is 1. The van der Waals surface area contributed by atoms with Crippen LogP contribution in [0.3, 0.4) is 0 Å². The highest BCUT2D eigenvalue weighted by atomic mass is 79.9. The van der Waals surface area contributed by atoms with E-state index in [1.165, 1.54) is 0 Å². The van der Waals surface area contributed by atoms with Crippen LogP contribution >= 0.6 is 15.9 Å². The van der Waals surface area contributed by atoms with Gasteiger partial charge in [-0.25, -0.2) is 0 Å². The highest BCUT2D eigenvalue weighted by Crippen LogP contribution is 2.11. The molecule has 104 valence electrons. The topological polar surface area (TPSA) is 56.8 Å². The number of rotatable bonds is 6. The Morgan fingerprint density at radius 2 is 1.75 bits per heavy atom. The highest BCUT2D eigenvalue weighted by Gasteiger charge is 1.97. The Kier molecular flexibility index (Phi) is 5.43. The number of nitrogens with two attached hydrogens (primary N) is 1. The van der Waals surface area contributed by atoms with Crippen LogP contribution in [-0.4, -0.2) is 12.4 Å². The molecule has 0 amide bonds. The van der Waals surface area contributed by atoms with Crippen molar-refractivity contribution in [3.63, 3.8) is 0 Å². The summed E-state index contributed by atoms with van der Waals surface area (Å²) >= 11 is 3.37. The van der Waals surface area contributed by atoms with Crippen LogP contribution in [0.25, 0.3) is 0 Å². The van der Waals surface area contributed by atoms with E-state index in [1.54, 1.807) is 0 Å². The molecule has 0 aromatic heterocycles. The molecule has 20 heavy (non-hydrogen) atoms. The Labute approximate surface area is 126 Å². The molecule has 2 aromatic rings. The van der Waals surface area contributed by atoms with Crippen LogP contribution in [0.1, 0.15) is 5.56 Å². The molecule has 0 spiro atoms. The summed E-state index contributed by atoms with van der Waals surface area (Å²) in [4.78, 5) is 5.18. The number of hydrogen-bond donors (Lipinski definition) is 1. The Morgan fingerprint density at radius 3 is 2.45 bits per heavy atom. The Morgan fingerprint density at radius 1 is 1.05 bits per heavy atom. The van der Waals surface area contributed by atoms with Gasteiger partial charge in [0.25, 0.3) is 0 Å². The van der Waals surface area contributed by atoms with Crippen LogP contribution in [0.5, 0.6) is 5.75 Å². The van der Waals surface area contributed by atoms with E-state index in [0.717, 1.165) is 15.8 Å². The van der Waals surface area contributed by atoms with Gasteiger partial charge in [0.1, 0.15) is 19.0 Å². The monoisotopic (exact) mass is 334 g/mol. The van der Waals surface area contributed by atoms with Crippen molar-refractivity contribution in [1.29, 1.82) is 0 Å². The van der Waals surface area contributed by atoms with E-state index in [4.69, 9.17) is 15.3 Å². The van der Waals surface area contributed by atoms with Gasteiger partial charge in [-0.1, -0.05) is 51.4 Å². The molecular weight excluding hydrogens is 320 g/mol. The van der Waals surface area contributed by atoms with Crippen molar-refractivity contribution in [2.45, 2.75) is 6.61 Å². The van der Waals surface area contributed by atoms with Gasteiger partial charge in [-0.15, -0.1) is 0 Å². The predicted molar refractivity (Wildman–Crippen MR) is 82.5 cm³/mol. The van der Waals surface area contributed by atoms with Crippen molar-refractivity contribution in [1.82, 2.24) is 0 Å². The summed E-state index contributed by atoms with van der Waals surface area (Å²) in [7, 11) is 0. The number of para-hydroxylation sites is 1. The molecule has 0 aliphatic heterocycles. The molecule has 2 rings (SSSR count). The van der Waals surface area contributed by atoms with E-state index in [2.05, 4.69) is 21.1 Å². The molecule has 2 N–H and O–H groups in total. The molecule has 0 heterocycles. The fourth-order valence-corrected chi connectivity index (χ4v) is 1.74. The molecule has 5 heteroatoms. The molecule has 0 aliphatic rings. The van der Waals surface area contributed by atoms with E-state index >= 15 is 0 Å². The number of benzene rings is 2. The van der Waals surface area contributed by atoms with E-state index < -0.39 is 0 Å². The largest absolute Gasteiger partial charge is 0.486 e. The van der Waals surface area contributed by atoms with Crippen LogP contribution in [0.2, 0.25) is 0 Å². The summed E-state index contributed by atoms with van der Waals surface area (Å²) in [6, 6.07) is 17.2. The first-order valence-electron chi connectivity index (χ1n) is 6.10. The lowest BCUT2D eigenvalue weighted by Crippen LogP contribution is -2.21. The molecule has 0 bridgehead atoms. The summed E-state index contributed by atoms with van der Waals surface area (Å²) in [5.41, 5.74) is 6.72. The zero-order valence-electron chi connectivity index (χ0n) is 10.8. The standard InChI is InChI=1S/C15H15BrN2O2/c16-13-8-6-12(7-9-13)10-20-18-15(17)11-19-14-4-2-1-3-5-14/h1-9H,10-11H2,(H2,17,18). The third kappa shape index (κ3) is 4.93. The van der Waals surface area contributed by atoms with Crippen LogP contribution in [0.4, 0.5) is 0 Å². The normalized spacial score (nSPS) is 11.2. The van der Waals surface area contributed by atoms with Gasteiger partial charge in [-0.05, 0) is 29.8 Å². The lowest BCUT2D eigenvalue weighted by molar-refractivity contribution is 0.128. The van der Waals surface area contributed by atoms with E-state index in [-0.39, 0.29) is 6.61 Å². The summed E-state index contributed by atoms with van der Waals surface area (Å²) in [6.45, 7) is 0.573. The minimum atomic E-state index is 0.199. The first-order chi connectivity index (χ1) is 9.74. The number of nitrogens with zero attached hydrogens (tertiary/aromatic N) is 1. The second kappa shape index (κ2) is 7.55. The Hall–Kier alpha value is -2.01. The predicted octanol–water partition coefficient (Wildman–Crippen LogP) is 3.32. The molecule has 0 unspecified atom stereocenters. The van der Waals surface area contributed by atoms with Crippen molar-refractivity contribution in [3.8, 4) is 5.75 Å². The number of halogens is 1. The number of ether oxygens (including phenoxy) is 1. The van der Waals surface area contributed by atoms with Crippen LogP contribution in [-0.2, 0) is 11.4 Å². The number of hydrogen-bond acceptors (Lipinski definition) is 3. The second-order valence-electron chi connectivity index (χ2n) is 4.08. The fraction of sp³-hybridized carbons (Fsp3) is 0.133.